The van der Waals surface area contributed by atoms with E-state index in [4.69, 9.17) is 0 Å². The van der Waals surface area contributed by atoms with Crippen LogP contribution in [-0.2, 0) is 6.18 Å². The first-order valence-electron chi connectivity index (χ1n) is 11.5. The van der Waals surface area contributed by atoms with Gasteiger partial charge < -0.3 is 0 Å². The normalized spacial score (nSPS) is 19.2. The molecule has 0 nitrogen and oxygen atoms in total. The quantitative estimate of drug-likeness (QED) is 0.330. The van der Waals surface area contributed by atoms with Gasteiger partial charge in [-0.2, -0.15) is 13.2 Å². The van der Waals surface area contributed by atoms with Crippen molar-refractivity contribution in [1.29, 1.82) is 0 Å². The number of fused-ring (bicyclic) bond motifs is 1. The van der Waals surface area contributed by atoms with Gasteiger partial charge in [-0.25, -0.2) is 13.2 Å². The minimum Gasteiger partial charge on any atom is -0.206 e. The smallest absolute Gasteiger partial charge is 0.206 e. The van der Waals surface area contributed by atoms with Gasteiger partial charge >= 0.3 is 6.18 Å². The van der Waals surface area contributed by atoms with Crippen LogP contribution in [0.3, 0.4) is 0 Å². The van der Waals surface area contributed by atoms with Crippen LogP contribution >= 0.6 is 0 Å². The average Bonchev–Trinajstić information content (AvgIpc) is 2.76. The van der Waals surface area contributed by atoms with Gasteiger partial charge in [-0.15, -0.1) is 0 Å². The molecule has 0 spiro atoms. The van der Waals surface area contributed by atoms with Crippen LogP contribution in [0.15, 0.2) is 42.5 Å². The summed E-state index contributed by atoms with van der Waals surface area (Å²) in [6.45, 7) is 2.20. The molecule has 176 valence electrons. The van der Waals surface area contributed by atoms with E-state index >= 15 is 4.39 Å². The highest BCUT2D eigenvalue weighted by Gasteiger charge is 2.38. The molecule has 0 heterocycles. The van der Waals surface area contributed by atoms with Crippen molar-refractivity contribution in [2.24, 2.45) is 5.92 Å². The Morgan fingerprint density at radius 2 is 1.52 bits per heavy atom. The molecule has 0 unspecified atom stereocenters. The molecule has 4 rings (SSSR count). The van der Waals surface area contributed by atoms with Crippen LogP contribution in [0.4, 0.5) is 26.3 Å². The summed E-state index contributed by atoms with van der Waals surface area (Å²) in [6.07, 6.45) is 3.18. The molecular formula is C27H26F6. The number of unbranched alkanes of at least 4 members (excludes halogenated alkanes) is 1. The fourth-order valence-corrected chi connectivity index (χ4v) is 5.06. The molecule has 0 aromatic heterocycles. The largest absolute Gasteiger partial charge is 0.422 e. The molecule has 33 heavy (non-hydrogen) atoms. The maximum absolute atomic E-state index is 15.2. The van der Waals surface area contributed by atoms with Gasteiger partial charge in [0.05, 0.1) is 0 Å². The van der Waals surface area contributed by atoms with Crippen LogP contribution in [0.25, 0.3) is 21.9 Å². The lowest BCUT2D eigenvalue weighted by molar-refractivity contribution is -0.142. The number of benzene rings is 3. The molecule has 0 aliphatic heterocycles. The maximum atomic E-state index is 15.2. The summed E-state index contributed by atoms with van der Waals surface area (Å²) >= 11 is 0. The summed E-state index contributed by atoms with van der Waals surface area (Å²) in [5.41, 5.74) is -1.23. The molecule has 3 aromatic carbocycles. The van der Waals surface area contributed by atoms with Crippen LogP contribution in [0, 0.1) is 23.4 Å². The number of hydrogen-bond acceptors (Lipinski definition) is 0. The van der Waals surface area contributed by atoms with Crippen LogP contribution in [-0.4, -0.2) is 0 Å². The molecule has 1 fully saturated rings. The second-order valence-corrected chi connectivity index (χ2v) is 9.08. The summed E-state index contributed by atoms with van der Waals surface area (Å²) in [5.74, 6) is -3.02. The topological polar surface area (TPSA) is 0 Å². The van der Waals surface area contributed by atoms with Gasteiger partial charge in [0.15, 0.2) is 0 Å². The predicted molar refractivity (Wildman–Crippen MR) is 118 cm³/mol. The summed E-state index contributed by atoms with van der Waals surface area (Å²) in [4.78, 5) is 0. The van der Waals surface area contributed by atoms with Gasteiger partial charge in [0.1, 0.15) is 23.0 Å². The first-order valence-corrected chi connectivity index (χ1v) is 11.5. The van der Waals surface area contributed by atoms with E-state index in [1.54, 1.807) is 12.1 Å². The van der Waals surface area contributed by atoms with Crippen LogP contribution in [0.1, 0.15) is 68.9 Å². The monoisotopic (exact) mass is 464 g/mol. The highest BCUT2D eigenvalue weighted by atomic mass is 19.4. The zero-order valence-electron chi connectivity index (χ0n) is 18.4. The Morgan fingerprint density at radius 3 is 2.12 bits per heavy atom. The zero-order chi connectivity index (χ0) is 23.8. The second-order valence-electron chi connectivity index (χ2n) is 9.08. The third-order valence-corrected chi connectivity index (χ3v) is 6.90. The van der Waals surface area contributed by atoms with E-state index in [9.17, 15) is 22.0 Å². The lowest BCUT2D eigenvalue weighted by atomic mass is 9.77. The first kappa shape index (κ1) is 23.7. The van der Waals surface area contributed by atoms with Crippen molar-refractivity contribution in [3.63, 3.8) is 0 Å². The van der Waals surface area contributed by atoms with Crippen molar-refractivity contribution >= 4 is 10.8 Å². The molecule has 0 radical (unpaired) electrons. The molecule has 6 heteroatoms. The molecular weight excluding hydrogens is 438 g/mol. The standard InChI is InChI=1S/C27H26F6/c1-2-3-4-16-5-7-17(8-6-16)18-9-11-21-19(13-18)10-12-22(26(21)30)20-14-23(28)25(24(29)15-20)27(31,32)33/h9-17H,2-8H2,1H3. The van der Waals surface area contributed by atoms with Gasteiger partial charge in [0, 0.05) is 10.9 Å². The summed E-state index contributed by atoms with van der Waals surface area (Å²) in [6, 6.07) is 9.57. The second kappa shape index (κ2) is 9.40. The molecule has 1 aliphatic rings. The fraction of sp³-hybridized carbons (Fsp3) is 0.407. The Hall–Kier alpha value is -2.50. The van der Waals surface area contributed by atoms with Crippen molar-refractivity contribution in [2.45, 2.75) is 64.0 Å². The predicted octanol–water partition coefficient (Wildman–Crippen LogP) is 9.41. The third-order valence-electron chi connectivity index (χ3n) is 6.90. The fourth-order valence-electron chi connectivity index (χ4n) is 5.06. The molecule has 1 aliphatic carbocycles. The molecule has 0 atom stereocenters. The number of hydrogen-bond donors (Lipinski definition) is 0. The van der Waals surface area contributed by atoms with E-state index in [-0.39, 0.29) is 16.5 Å². The van der Waals surface area contributed by atoms with Crippen molar-refractivity contribution < 1.29 is 26.3 Å². The van der Waals surface area contributed by atoms with Gasteiger partial charge in [-0.1, -0.05) is 56.5 Å². The Bertz CT molecular complexity index is 1120. The third kappa shape index (κ3) is 4.90. The van der Waals surface area contributed by atoms with Gasteiger partial charge in [0.25, 0.3) is 0 Å². The Kier molecular flexibility index (Phi) is 6.73. The molecule has 0 bridgehead atoms. The molecule has 0 N–H and O–H groups in total. The van der Waals surface area contributed by atoms with E-state index in [2.05, 4.69) is 6.92 Å². The first-order chi connectivity index (χ1) is 15.7. The van der Waals surface area contributed by atoms with E-state index < -0.39 is 29.2 Å². The average molecular weight is 464 g/mol. The minimum absolute atomic E-state index is 0.141. The molecule has 0 saturated heterocycles. The van der Waals surface area contributed by atoms with Crippen molar-refractivity contribution in [3.05, 3.63) is 71.0 Å². The van der Waals surface area contributed by atoms with E-state index in [0.717, 1.165) is 24.3 Å². The Labute approximate surface area is 189 Å². The van der Waals surface area contributed by atoms with E-state index in [1.807, 2.05) is 12.1 Å². The van der Waals surface area contributed by atoms with E-state index in [0.29, 0.717) is 23.4 Å². The highest BCUT2D eigenvalue weighted by molar-refractivity contribution is 5.89. The van der Waals surface area contributed by atoms with Crippen LogP contribution < -0.4 is 0 Å². The lowest BCUT2D eigenvalue weighted by Gasteiger charge is -2.29. The number of halogens is 6. The van der Waals surface area contributed by atoms with Crippen molar-refractivity contribution in [2.75, 3.05) is 0 Å². The molecule has 1 saturated carbocycles. The summed E-state index contributed by atoms with van der Waals surface area (Å²) in [7, 11) is 0. The number of alkyl halides is 3. The molecule has 3 aromatic rings. The molecule has 0 amide bonds. The van der Waals surface area contributed by atoms with Gasteiger partial charge in [-0.3, -0.25) is 0 Å². The van der Waals surface area contributed by atoms with Gasteiger partial charge in [-0.05, 0) is 66.2 Å². The van der Waals surface area contributed by atoms with Crippen molar-refractivity contribution in [1.82, 2.24) is 0 Å². The summed E-state index contributed by atoms with van der Waals surface area (Å²) in [5, 5.41) is 0.934. The van der Waals surface area contributed by atoms with Crippen LogP contribution in [0.2, 0.25) is 0 Å². The maximum Gasteiger partial charge on any atom is 0.422 e. The summed E-state index contributed by atoms with van der Waals surface area (Å²) < 4.78 is 81.8. The van der Waals surface area contributed by atoms with Crippen LogP contribution in [0.5, 0.6) is 0 Å². The zero-order valence-corrected chi connectivity index (χ0v) is 18.4. The van der Waals surface area contributed by atoms with Gasteiger partial charge in [0.2, 0.25) is 0 Å². The lowest BCUT2D eigenvalue weighted by Crippen LogP contribution is -2.13. The highest BCUT2D eigenvalue weighted by Crippen LogP contribution is 2.40. The minimum atomic E-state index is -5.17. The van der Waals surface area contributed by atoms with Crippen molar-refractivity contribution in [3.8, 4) is 11.1 Å². The van der Waals surface area contributed by atoms with E-state index in [1.165, 1.54) is 38.2 Å². The SMILES string of the molecule is CCCCC1CCC(c2ccc3c(F)c(-c4cc(F)c(C(F)(F)F)c(F)c4)ccc3c2)CC1. The Morgan fingerprint density at radius 1 is 0.848 bits per heavy atom. The number of rotatable bonds is 5. The Balaban J connectivity index is 1.61.